The van der Waals surface area contributed by atoms with Gasteiger partial charge in [0, 0.05) is 12.5 Å². The summed E-state index contributed by atoms with van der Waals surface area (Å²) in [6, 6.07) is 22.1. The fourth-order valence-corrected chi connectivity index (χ4v) is 4.45. The van der Waals surface area contributed by atoms with Gasteiger partial charge in [-0.1, -0.05) is 60.7 Å². The number of carbonyl (C=O) groups is 3. The molecule has 1 atom stereocenters. The van der Waals surface area contributed by atoms with Gasteiger partial charge in [0.2, 0.25) is 5.91 Å². The Balaban J connectivity index is 1.34. The minimum Gasteiger partial charge on any atom is -0.497 e. The highest BCUT2D eigenvalue weighted by atomic mass is 16.5. The fourth-order valence-electron chi connectivity index (χ4n) is 4.45. The average molecular weight is 489 g/mol. The highest BCUT2D eigenvalue weighted by Gasteiger charge is 2.30. The van der Waals surface area contributed by atoms with Gasteiger partial charge in [-0.05, 0) is 46.4 Å². The minimum absolute atomic E-state index is 0.0666. The summed E-state index contributed by atoms with van der Waals surface area (Å²) in [5, 5.41) is 14.3. The lowest BCUT2D eigenvalue weighted by molar-refractivity contribution is -0.139. The van der Waals surface area contributed by atoms with Crippen molar-refractivity contribution in [3.8, 4) is 16.9 Å². The van der Waals surface area contributed by atoms with Gasteiger partial charge in [0.05, 0.1) is 13.5 Å². The number of aliphatic carboxylic acids is 1. The van der Waals surface area contributed by atoms with Crippen LogP contribution in [0, 0.1) is 0 Å². The molecular formula is C28H28N2O6. The Bertz CT molecular complexity index is 1210. The molecule has 3 N–H and O–H groups in total. The second kappa shape index (κ2) is 11.4. The lowest BCUT2D eigenvalue weighted by atomic mass is 9.98. The van der Waals surface area contributed by atoms with Crippen LogP contribution in [-0.4, -0.2) is 49.4 Å². The Morgan fingerprint density at radius 2 is 1.61 bits per heavy atom. The van der Waals surface area contributed by atoms with Gasteiger partial charge >= 0.3 is 12.1 Å². The largest absolute Gasteiger partial charge is 0.497 e. The quantitative estimate of drug-likeness (QED) is 0.401. The summed E-state index contributed by atoms with van der Waals surface area (Å²) < 4.78 is 10.7. The molecule has 8 nitrogen and oxygen atoms in total. The van der Waals surface area contributed by atoms with Crippen LogP contribution in [0.2, 0.25) is 0 Å². The van der Waals surface area contributed by atoms with Crippen molar-refractivity contribution in [2.75, 3.05) is 20.3 Å². The van der Waals surface area contributed by atoms with E-state index in [0.29, 0.717) is 12.2 Å². The van der Waals surface area contributed by atoms with Crippen LogP contribution in [-0.2, 0) is 20.7 Å². The molecule has 0 saturated heterocycles. The third-order valence-corrected chi connectivity index (χ3v) is 6.18. The first-order valence-electron chi connectivity index (χ1n) is 11.7. The Labute approximate surface area is 209 Å². The smallest absolute Gasteiger partial charge is 0.407 e. The zero-order valence-electron chi connectivity index (χ0n) is 19.9. The van der Waals surface area contributed by atoms with Gasteiger partial charge in [-0.25, -0.2) is 4.79 Å². The molecule has 0 spiro atoms. The molecule has 1 unspecified atom stereocenters. The van der Waals surface area contributed by atoms with Crippen molar-refractivity contribution in [1.29, 1.82) is 0 Å². The lowest BCUT2D eigenvalue weighted by Gasteiger charge is -2.19. The van der Waals surface area contributed by atoms with Gasteiger partial charge in [0.25, 0.3) is 0 Å². The standard InChI is InChI=1S/C28H28N2O6/c1-35-19-8-6-7-18(15-19)13-14-29-27(33)25(16-26(31)32)30-28(34)36-17-24-22-11-4-2-9-20(22)21-10-3-5-12-23(21)24/h2-12,15,24-25H,13-14,16-17H2,1H3,(H,29,33)(H,30,34)(H,31,32). The van der Waals surface area contributed by atoms with Crippen molar-refractivity contribution in [1.82, 2.24) is 10.6 Å². The van der Waals surface area contributed by atoms with E-state index in [1.165, 1.54) is 0 Å². The molecular weight excluding hydrogens is 460 g/mol. The third-order valence-electron chi connectivity index (χ3n) is 6.18. The van der Waals surface area contributed by atoms with Crippen molar-refractivity contribution in [3.63, 3.8) is 0 Å². The number of nitrogens with one attached hydrogen (secondary N) is 2. The van der Waals surface area contributed by atoms with Crippen molar-refractivity contribution >= 4 is 18.0 Å². The van der Waals surface area contributed by atoms with Gasteiger partial charge in [-0.3, -0.25) is 9.59 Å². The summed E-state index contributed by atoms with van der Waals surface area (Å²) in [5.74, 6) is -1.23. The zero-order chi connectivity index (χ0) is 25.5. The van der Waals surface area contributed by atoms with Crippen LogP contribution in [0.4, 0.5) is 4.79 Å². The lowest BCUT2D eigenvalue weighted by Crippen LogP contribution is -2.48. The Kier molecular flexibility index (Phi) is 7.85. The van der Waals surface area contributed by atoms with Gasteiger partial charge < -0.3 is 25.2 Å². The molecule has 2 amide bonds. The number of carboxylic acid groups (broad SMARTS) is 1. The number of methoxy groups -OCH3 is 1. The molecule has 4 rings (SSSR count). The van der Waals surface area contributed by atoms with Gasteiger partial charge in [-0.15, -0.1) is 0 Å². The normalized spacial score (nSPS) is 12.7. The molecule has 0 saturated carbocycles. The number of benzene rings is 3. The summed E-state index contributed by atoms with van der Waals surface area (Å²) in [5.41, 5.74) is 5.27. The van der Waals surface area contributed by atoms with Crippen LogP contribution in [0.25, 0.3) is 11.1 Å². The van der Waals surface area contributed by atoms with E-state index >= 15 is 0 Å². The average Bonchev–Trinajstić information content (AvgIpc) is 3.20. The summed E-state index contributed by atoms with van der Waals surface area (Å²) in [6.07, 6.45) is -0.880. The van der Waals surface area contributed by atoms with E-state index < -0.39 is 30.4 Å². The number of fused-ring (bicyclic) bond motifs is 3. The molecule has 0 heterocycles. The van der Waals surface area contributed by atoms with Crippen LogP contribution in [0.5, 0.6) is 5.75 Å². The van der Waals surface area contributed by atoms with Crippen LogP contribution in [0.3, 0.4) is 0 Å². The SMILES string of the molecule is COc1cccc(CCNC(=O)C(CC(=O)O)NC(=O)OCC2c3ccccc3-c3ccccc32)c1. The highest BCUT2D eigenvalue weighted by molar-refractivity contribution is 5.89. The number of carbonyl (C=O) groups excluding carboxylic acids is 2. The second-order valence-electron chi connectivity index (χ2n) is 8.51. The van der Waals surface area contributed by atoms with Crippen molar-refractivity contribution in [2.24, 2.45) is 0 Å². The van der Waals surface area contributed by atoms with Gasteiger partial charge in [0.1, 0.15) is 18.4 Å². The molecule has 0 aliphatic heterocycles. The van der Waals surface area contributed by atoms with Crippen molar-refractivity contribution in [3.05, 3.63) is 89.5 Å². The molecule has 0 radical (unpaired) electrons. The van der Waals surface area contributed by atoms with Crippen molar-refractivity contribution < 1.29 is 29.0 Å². The van der Waals surface area contributed by atoms with Gasteiger partial charge in [-0.2, -0.15) is 0 Å². The van der Waals surface area contributed by atoms with E-state index in [-0.39, 0.29) is 19.1 Å². The molecule has 3 aromatic carbocycles. The number of carboxylic acids is 1. The van der Waals surface area contributed by atoms with Crippen LogP contribution < -0.4 is 15.4 Å². The third kappa shape index (κ3) is 5.83. The Hall–Kier alpha value is -4.33. The number of ether oxygens (including phenoxy) is 2. The molecule has 1 aliphatic rings. The number of amides is 2. The molecule has 0 fully saturated rings. The monoisotopic (exact) mass is 488 g/mol. The first-order valence-corrected chi connectivity index (χ1v) is 11.7. The van der Waals surface area contributed by atoms with E-state index in [4.69, 9.17) is 9.47 Å². The first kappa shape index (κ1) is 24.8. The molecule has 0 aromatic heterocycles. The Morgan fingerprint density at radius 3 is 2.25 bits per heavy atom. The molecule has 0 bridgehead atoms. The summed E-state index contributed by atoms with van der Waals surface area (Å²) in [6.45, 7) is 0.339. The predicted molar refractivity (Wildman–Crippen MR) is 134 cm³/mol. The summed E-state index contributed by atoms with van der Waals surface area (Å²) in [4.78, 5) is 36.5. The fraction of sp³-hybridized carbons (Fsp3) is 0.250. The maximum Gasteiger partial charge on any atom is 0.407 e. The van der Waals surface area contributed by atoms with Gasteiger partial charge in [0.15, 0.2) is 0 Å². The summed E-state index contributed by atoms with van der Waals surface area (Å²) >= 11 is 0. The van der Waals surface area contributed by atoms with E-state index in [0.717, 1.165) is 27.8 Å². The number of alkyl carbamates (subject to hydrolysis) is 1. The predicted octanol–water partition coefficient (Wildman–Crippen LogP) is 3.74. The molecule has 1 aliphatic carbocycles. The maximum absolute atomic E-state index is 12.6. The topological polar surface area (TPSA) is 114 Å². The molecule has 186 valence electrons. The molecule has 3 aromatic rings. The second-order valence-corrected chi connectivity index (χ2v) is 8.51. The van der Waals surface area contributed by atoms with E-state index in [9.17, 15) is 19.5 Å². The first-order chi connectivity index (χ1) is 17.5. The van der Waals surface area contributed by atoms with Crippen molar-refractivity contribution in [2.45, 2.75) is 24.8 Å². The van der Waals surface area contributed by atoms with Crippen LogP contribution >= 0.6 is 0 Å². The van der Waals surface area contributed by atoms with E-state index in [1.807, 2.05) is 72.8 Å². The molecule has 36 heavy (non-hydrogen) atoms. The van der Waals surface area contributed by atoms with Crippen LogP contribution in [0.1, 0.15) is 29.0 Å². The van der Waals surface area contributed by atoms with Crippen LogP contribution in [0.15, 0.2) is 72.8 Å². The molecule has 8 heteroatoms. The minimum atomic E-state index is -1.26. The van der Waals surface area contributed by atoms with E-state index in [1.54, 1.807) is 7.11 Å². The maximum atomic E-state index is 12.6. The highest BCUT2D eigenvalue weighted by Crippen LogP contribution is 2.44. The number of hydrogen-bond donors (Lipinski definition) is 3. The van der Waals surface area contributed by atoms with E-state index in [2.05, 4.69) is 10.6 Å². The summed E-state index contributed by atoms with van der Waals surface area (Å²) in [7, 11) is 1.58. The Morgan fingerprint density at radius 1 is 0.944 bits per heavy atom. The number of hydrogen-bond acceptors (Lipinski definition) is 5. The number of rotatable bonds is 10. The zero-order valence-corrected chi connectivity index (χ0v) is 19.9.